The first-order chi connectivity index (χ1) is 9.66. The highest BCUT2D eigenvalue weighted by Gasteiger charge is 2.33. The molecule has 0 radical (unpaired) electrons. The van der Waals surface area contributed by atoms with Crippen LogP contribution in [0.25, 0.3) is 0 Å². The van der Waals surface area contributed by atoms with Crippen LogP contribution in [0.5, 0.6) is 0 Å². The molecule has 3 atom stereocenters. The molecular weight excluding hydrogens is 284 g/mol. The molecule has 0 aliphatic carbocycles. The Bertz CT molecular complexity index is 525. The van der Waals surface area contributed by atoms with Crippen molar-refractivity contribution in [2.75, 3.05) is 0 Å². The fourth-order valence-corrected chi connectivity index (χ4v) is 2.16. The van der Waals surface area contributed by atoms with Crippen LogP contribution in [-0.2, 0) is 4.79 Å². The molecule has 21 heavy (non-hydrogen) atoms. The molecule has 1 amide bonds. The van der Waals surface area contributed by atoms with Gasteiger partial charge < -0.3 is 5.32 Å². The Balaban J connectivity index is 2.79. The molecule has 0 aliphatic rings. The van der Waals surface area contributed by atoms with E-state index < -0.39 is 5.92 Å². The van der Waals surface area contributed by atoms with Crippen molar-refractivity contribution in [1.82, 2.24) is 5.32 Å². The molecule has 0 aromatic heterocycles. The molecule has 3 unspecified atom stereocenters. The van der Waals surface area contributed by atoms with E-state index in [-0.39, 0.29) is 23.3 Å². The molecule has 1 rings (SSSR count). The third kappa shape index (κ3) is 4.75. The maximum atomic E-state index is 12.4. The number of nitrogens with zero attached hydrogens (tertiary/aromatic N) is 1. The fraction of sp³-hybridized carbons (Fsp3) is 0.529. The highest BCUT2D eigenvalue weighted by molar-refractivity contribution is 6.30. The van der Waals surface area contributed by atoms with E-state index in [1.165, 1.54) is 0 Å². The number of carbonyl (C=O) groups excluding carboxylic acids is 1. The summed E-state index contributed by atoms with van der Waals surface area (Å²) < 4.78 is 0. The van der Waals surface area contributed by atoms with E-state index in [1.807, 2.05) is 46.8 Å². The van der Waals surface area contributed by atoms with Gasteiger partial charge in [-0.15, -0.1) is 0 Å². The lowest BCUT2D eigenvalue weighted by atomic mass is 9.74. The lowest BCUT2D eigenvalue weighted by Gasteiger charge is -2.30. The van der Waals surface area contributed by atoms with E-state index in [9.17, 15) is 10.1 Å². The molecule has 0 heterocycles. The van der Waals surface area contributed by atoms with Crippen molar-refractivity contribution in [3.63, 3.8) is 0 Å². The maximum Gasteiger partial charge on any atom is 0.238 e. The normalized spacial score (nSPS) is 15.7. The van der Waals surface area contributed by atoms with Gasteiger partial charge in [-0.1, -0.05) is 51.4 Å². The summed E-state index contributed by atoms with van der Waals surface area (Å²) >= 11 is 5.86. The molecule has 0 bridgehead atoms. The van der Waals surface area contributed by atoms with Crippen molar-refractivity contribution < 1.29 is 4.79 Å². The second-order valence-corrected chi connectivity index (χ2v) is 6.98. The molecule has 0 aliphatic heterocycles. The summed E-state index contributed by atoms with van der Waals surface area (Å²) in [5.41, 5.74) is 0.870. The van der Waals surface area contributed by atoms with Crippen molar-refractivity contribution >= 4 is 17.5 Å². The number of benzene rings is 1. The number of rotatable bonds is 4. The molecule has 114 valence electrons. The van der Waals surface area contributed by atoms with Gasteiger partial charge in [0.2, 0.25) is 5.91 Å². The number of hydrogen-bond donors (Lipinski definition) is 1. The predicted molar refractivity (Wildman–Crippen MR) is 85.7 cm³/mol. The van der Waals surface area contributed by atoms with Gasteiger partial charge in [0.05, 0.1) is 12.1 Å². The maximum absolute atomic E-state index is 12.4. The Kier molecular flexibility index (Phi) is 5.80. The van der Waals surface area contributed by atoms with Crippen LogP contribution in [0.4, 0.5) is 0 Å². The smallest absolute Gasteiger partial charge is 0.238 e. The van der Waals surface area contributed by atoms with Crippen molar-refractivity contribution in [3.05, 3.63) is 34.9 Å². The Hall–Kier alpha value is -1.53. The summed E-state index contributed by atoms with van der Waals surface area (Å²) in [7, 11) is 0. The summed E-state index contributed by atoms with van der Waals surface area (Å²) in [6, 6.07) is 9.32. The van der Waals surface area contributed by atoms with Gasteiger partial charge in [0, 0.05) is 5.02 Å². The van der Waals surface area contributed by atoms with Crippen molar-refractivity contribution in [2.45, 2.75) is 40.7 Å². The quantitative estimate of drug-likeness (QED) is 0.899. The first-order valence-electron chi connectivity index (χ1n) is 7.12. The lowest BCUT2D eigenvalue weighted by Crippen LogP contribution is -2.38. The van der Waals surface area contributed by atoms with Crippen LogP contribution in [0.3, 0.4) is 0 Å². The van der Waals surface area contributed by atoms with Crippen molar-refractivity contribution in [3.8, 4) is 6.07 Å². The van der Waals surface area contributed by atoms with Crippen LogP contribution in [-0.4, -0.2) is 5.91 Å². The standard InChI is InChI=1S/C17H23ClN2O/c1-11(17(3,4)5)15(10-19)16(21)20-12(2)13-6-8-14(18)9-7-13/h6-9,11-12,15H,1-5H3,(H,20,21). The molecule has 1 aromatic rings. The van der Waals surface area contributed by atoms with Crippen LogP contribution >= 0.6 is 11.6 Å². The Morgan fingerprint density at radius 1 is 1.24 bits per heavy atom. The summed E-state index contributed by atoms with van der Waals surface area (Å²) in [5, 5.41) is 12.9. The third-order valence-electron chi connectivity index (χ3n) is 4.02. The molecule has 1 aromatic carbocycles. The molecular formula is C17H23ClN2O. The van der Waals surface area contributed by atoms with Gasteiger partial charge in [0.25, 0.3) is 0 Å². The van der Waals surface area contributed by atoms with Crippen LogP contribution in [0.2, 0.25) is 5.02 Å². The van der Waals surface area contributed by atoms with E-state index >= 15 is 0 Å². The van der Waals surface area contributed by atoms with Crippen LogP contribution in [0.15, 0.2) is 24.3 Å². The number of hydrogen-bond acceptors (Lipinski definition) is 2. The van der Waals surface area contributed by atoms with Gasteiger partial charge in [-0.25, -0.2) is 0 Å². The van der Waals surface area contributed by atoms with Gasteiger partial charge in [-0.2, -0.15) is 5.26 Å². The second-order valence-electron chi connectivity index (χ2n) is 6.54. The summed E-state index contributed by atoms with van der Waals surface area (Å²) in [6.07, 6.45) is 0. The number of nitriles is 1. The minimum absolute atomic E-state index is 0.0279. The number of halogens is 1. The molecule has 4 heteroatoms. The zero-order valence-electron chi connectivity index (χ0n) is 13.3. The Morgan fingerprint density at radius 2 is 1.76 bits per heavy atom. The summed E-state index contributed by atoms with van der Waals surface area (Å²) in [5.74, 6) is -0.901. The molecule has 0 saturated heterocycles. The molecule has 3 nitrogen and oxygen atoms in total. The summed E-state index contributed by atoms with van der Waals surface area (Å²) in [6.45, 7) is 9.96. The highest BCUT2D eigenvalue weighted by atomic mass is 35.5. The highest BCUT2D eigenvalue weighted by Crippen LogP contribution is 2.32. The van der Waals surface area contributed by atoms with Gasteiger partial charge >= 0.3 is 0 Å². The third-order valence-corrected chi connectivity index (χ3v) is 4.27. The number of carbonyl (C=O) groups is 1. The van der Waals surface area contributed by atoms with Crippen LogP contribution in [0, 0.1) is 28.6 Å². The predicted octanol–water partition coefficient (Wildman–Crippen LogP) is 4.34. The minimum Gasteiger partial charge on any atom is -0.348 e. The van der Waals surface area contributed by atoms with Crippen LogP contribution < -0.4 is 5.32 Å². The first kappa shape index (κ1) is 17.5. The first-order valence-corrected chi connectivity index (χ1v) is 7.50. The average Bonchev–Trinajstić information content (AvgIpc) is 2.38. The summed E-state index contributed by atoms with van der Waals surface area (Å²) in [4.78, 5) is 12.4. The van der Waals surface area contributed by atoms with Gasteiger partial charge in [0.1, 0.15) is 5.92 Å². The Labute approximate surface area is 132 Å². The van der Waals surface area contributed by atoms with Crippen molar-refractivity contribution in [1.29, 1.82) is 5.26 Å². The second kappa shape index (κ2) is 6.95. The van der Waals surface area contributed by atoms with E-state index in [0.29, 0.717) is 5.02 Å². The monoisotopic (exact) mass is 306 g/mol. The lowest BCUT2D eigenvalue weighted by molar-refractivity contribution is -0.126. The van der Waals surface area contributed by atoms with E-state index in [2.05, 4.69) is 11.4 Å². The zero-order chi connectivity index (χ0) is 16.2. The average molecular weight is 307 g/mol. The molecule has 1 N–H and O–H groups in total. The molecule has 0 fully saturated rings. The van der Waals surface area contributed by atoms with E-state index in [0.717, 1.165) is 5.56 Å². The fourth-order valence-electron chi connectivity index (χ4n) is 2.04. The molecule has 0 spiro atoms. The van der Waals surface area contributed by atoms with Gasteiger partial charge in [-0.05, 0) is 36.0 Å². The number of nitrogens with one attached hydrogen (secondary N) is 1. The van der Waals surface area contributed by atoms with Crippen LogP contribution in [0.1, 0.15) is 46.2 Å². The van der Waals surface area contributed by atoms with Gasteiger partial charge in [0.15, 0.2) is 0 Å². The topological polar surface area (TPSA) is 52.9 Å². The van der Waals surface area contributed by atoms with E-state index in [1.54, 1.807) is 12.1 Å². The van der Waals surface area contributed by atoms with Gasteiger partial charge in [-0.3, -0.25) is 4.79 Å². The molecule has 0 saturated carbocycles. The van der Waals surface area contributed by atoms with Crippen molar-refractivity contribution in [2.24, 2.45) is 17.3 Å². The van der Waals surface area contributed by atoms with E-state index in [4.69, 9.17) is 11.6 Å². The number of amides is 1. The SMILES string of the molecule is CC(NC(=O)C(C#N)C(C)C(C)(C)C)c1ccc(Cl)cc1. The minimum atomic E-state index is -0.653. The Morgan fingerprint density at radius 3 is 2.19 bits per heavy atom. The zero-order valence-corrected chi connectivity index (χ0v) is 14.0. The largest absolute Gasteiger partial charge is 0.348 e.